The van der Waals surface area contributed by atoms with Gasteiger partial charge in [-0.25, -0.2) is 0 Å². The van der Waals surface area contributed by atoms with Crippen molar-refractivity contribution in [3.8, 4) is 23.3 Å². The first kappa shape index (κ1) is 16.1. The second kappa shape index (κ2) is 6.63. The third kappa shape index (κ3) is 4.08. The topological polar surface area (TPSA) is 72.0 Å². The Balaban J connectivity index is 2.22. The molecule has 0 amide bonds. The van der Waals surface area contributed by atoms with Gasteiger partial charge in [-0.2, -0.15) is 28.8 Å². The van der Waals surface area contributed by atoms with Gasteiger partial charge in [0.25, 0.3) is 0 Å². The number of anilines is 1. The number of alkyl halides is 3. The molecule has 114 valence electrons. The van der Waals surface area contributed by atoms with E-state index in [0.29, 0.717) is 16.8 Å². The van der Waals surface area contributed by atoms with Crippen LogP contribution in [0, 0.1) is 22.7 Å². The zero-order chi connectivity index (χ0) is 16.9. The highest BCUT2D eigenvalue weighted by Crippen LogP contribution is 2.32. The molecule has 0 heterocycles. The molecule has 23 heavy (non-hydrogen) atoms. The molecule has 0 bridgehead atoms. The molecule has 0 atom stereocenters. The molecular formula is C16H9F3N4. The lowest BCUT2D eigenvalue weighted by molar-refractivity contribution is -0.137. The molecule has 7 heteroatoms. The summed E-state index contributed by atoms with van der Waals surface area (Å²) in [5, 5.41) is 20.7. The van der Waals surface area contributed by atoms with E-state index in [1.807, 2.05) is 0 Å². The standard InChI is InChI=1S/C16H9F3N4/c17-16(18,19)13-3-1-2-12(8-13)11-4-6-14(7-5-11)22-23-15(9-20)10-21/h1-8,22H. The minimum Gasteiger partial charge on any atom is -0.277 e. The van der Waals surface area contributed by atoms with Crippen LogP contribution in [0.1, 0.15) is 5.56 Å². The number of hydrogen-bond acceptors (Lipinski definition) is 4. The summed E-state index contributed by atoms with van der Waals surface area (Å²) in [7, 11) is 0. The zero-order valence-corrected chi connectivity index (χ0v) is 11.6. The maximum absolute atomic E-state index is 12.7. The van der Waals surface area contributed by atoms with Gasteiger partial charge in [-0.3, -0.25) is 5.43 Å². The SMILES string of the molecule is N#CC(C#N)=NNc1ccc(-c2cccc(C(F)(F)F)c2)cc1. The number of hydrogen-bond donors (Lipinski definition) is 1. The second-order valence-corrected chi connectivity index (χ2v) is 4.45. The van der Waals surface area contributed by atoms with Crippen molar-refractivity contribution < 1.29 is 13.2 Å². The van der Waals surface area contributed by atoms with Crippen LogP contribution in [0.2, 0.25) is 0 Å². The van der Waals surface area contributed by atoms with Crippen LogP contribution in [0.5, 0.6) is 0 Å². The summed E-state index contributed by atoms with van der Waals surface area (Å²) in [5.41, 5.74) is 3.02. The first-order chi connectivity index (χ1) is 10.9. The summed E-state index contributed by atoms with van der Waals surface area (Å²) in [4.78, 5) is 0. The molecule has 1 N–H and O–H groups in total. The Morgan fingerprint density at radius 2 is 1.61 bits per heavy atom. The predicted octanol–water partition coefficient (Wildman–Crippen LogP) is 4.19. The van der Waals surface area contributed by atoms with E-state index < -0.39 is 11.7 Å². The lowest BCUT2D eigenvalue weighted by Crippen LogP contribution is -2.04. The molecule has 0 radical (unpaired) electrons. The fraction of sp³-hybridized carbons (Fsp3) is 0.0625. The normalized spacial score (nSPS) is 10.3. The molecule has 2 aromatic carbocycles. The molecule has 0 saturated heterocycles. The Kier molecular flexibility index (Phi) is 4.63. The highest BCUT2D eigenvalue weighted by molar-refractivity contribution is 6.10. The monoisotopic (exact) mass is 314 g/mol. The van der Waals surface area contributed by atoms with Crippen LogP contribution in [0.3, 0.4) is 0 Å². The number of hydrazone groups is 1. The maximum Gasteiger partial charge on any atom is 0.416 e. The molecular weight excluding hydrogens is 305 g/mol. The molecule has 2 rings (SSSR count). The third-order valence-corrected chi connectivity index (χ3v) is 2.92. The van der Waals surface area contributed by atoms with Gasteiger partial charge < -0.3 is 0 Å². The van der Waals surface area contributed by atoms with E-state index in [1.54, 1.807) is 42.5 Å². The zero-order valence-electron chi connectivity index (χ0n) is 11.6. The van der Waals surface area contributed by atoms with Gasteiger partial charge in [0, 0.05) is 0 Å². The van der Waals surface area contributed by atoms with Crippen LogP contribution in [-0.2, 0) is 6.18 Å². The van der Waals surface area contributed by atoms with Gasteiger partial charge in [0.15, 0.2) is 0 Å². The molecule has 0 spiro atoms. The van der Waals surface area contributed by atoms with Gasteiger partial charge in [-0.1, -0.05) is 24.3 Å². The molecule has 0 aromatic heterocycles. The molecule has 0 aliphatic heterocycles. The number of nitrogens with zero attached hydrogens (tertiary/aromatic N) is 3. The first-order valence-electron chi connectivity index (χ1n) is 6.35. The number of nitriles is 2. The summed E-state index contributed by atoms with van der Waals surface area (Å²) in [5.74, 6) is 0. The first-order valence-corrected chi connectivity index (χ1v) is 6.35. The van der Waals surface area contributed by atoms with E-state index in [4.69, 9.17) is 10.5 Å². The van der Waals surface area contributed by atoms with Crippen LogP contribution in [0.15, 0.2) is 53.6 Å². The fourth-order valence-corrected chi connectivity index (χ4v) is 1.81. The predicted molar refractivity (Wildman–Crippen MR) is 79.2 cm³/mol. The van der Waals surface area contributed by atoms with E-state index in [1.165, 1.54) is 6.07 Å². The van der Waals surface area contributed by atoms with Gasteiger partial charge in [0.1, 0.15) is 12.1 Å². The molecule has 0 unspecified atom stereocenters. The van der Waals surface area contributed by atoms with E-state index in [-0.39, 0.29) is 5.71 Å². The summed E-state index contributed by atoms with van der Waals surface area (Å²) in [6.07, 6.45) is -4.39. The van der Waals surface area contributed by atoms with Gasteiger partial charge >= 0.3 is 6.18 Å². The Labute approximate surface area is 130 Å². The highest BCUT2D eigenvalue weighted by atomic mass is 19.4. The van der Waals surface area contributed by atoms with E-state index in [2.05, 4.69) is 10.5 Å². The lowest BCUT2D eigenvalue weighted by Gasteiger charge is -2.09. The Bertz CT molecular complexity index is 793. The average molecular weight is 314 g/mol. The summed E-state index contributed by atoms with van der Waals surface area (Å²) in [6.45, 7) is 0. The van der Waals surface area contributed by atoms with E-state index in [0.717, 1.165) is 12.1 Å². The van der Waals surface area contributed by atoms with Crippen molar-refractivity contribution in [2.24, 2.45) is 5.10 Å². The molecule has 2 aromatic rings. The minimum absolute atomic E-state index is 0.327. The van der Waals surface area contributed by atoms with Crippen LogP contribution in [0.25, 0.3) is 11.1 Å². The molecule has 0 aliphatic rings. The average Bonchev–Trinajstić information content (AvgIpc) is 2.56. The minimum atomic E-state index is -4.39. The van der Waals surface area contributed by atoms with Crippen LogP contribution in [-0.4, -0.2) is 5.71 Å². The summed E-state index contributed by atoms with van der Waals surface area (Å²) in [6, 6.07) is 14.6. The summed E-state index contributed by atoms with van der Waals surface area (Å²) >= 11 is 0. The Hall–Kier alpha value is -3.32. The van der Waals surface area contributed by atoms with Crippen molar-refractivity contribution in [1.29, 1.82) is 10.5 Å². The molecule has 4 nitrogen and oxygen atoms in total. The lowest BCUT2D eigenvalue weighted by atomic mass is 10.0. The van der Waals surface area contributed by atoms with E-state index in [9.17, 15) is 13.2 Å². The van der Waals surface area contributed by atoms with Gasteiger partial charge in [-0.05, 0) is 35.4 Å². The van der Waals surface area contributed by atoms with Crippen molar-refractivity contribution >= 4 is 11.4 Å². The molecule has 0 fully saturated rings. The quantitative estimate of drug-likeness (QED) is 0.682. The number of halogens is 3. The number of rotatable bonds is 3. The Morgan fingerprint density at radius 1 is 0.957 bits per heavy atom. The number of benzene rings is 2. The maximum atomic E-state index is 12.7. The van der Waals surface area contributed by atoms with Crippen molar-refractivity contribution in [1.82, 2.24) is 0 Å². The van der Waals surface area contributed by atoms with Crippen molar-refractivity contribution in [2.75, 3.05) is 5.43 Å². The van der Waals surface area contributed by atoms with Crippen molar-refractivity contribution in [3.63, 3.8) is 0 Å². The highest BCUT2D eigenvalue weighted by Gasteiger charge is 2.30. The second-order valence-electron chi connectivity index (χ2n) is 4.45. The van der Waals surface area contributed by atoms with Crippen molar-refractivity contribution in [3.05, 3.63) is 54.1 Å². The van der Waals surface area contributed by atoms with Gasteiger partial charge in [0.2, 0.25) is 5.71 Å². The van der Waals surface area contributed by atoms with E-state index >= 15 is 0 Å². The molecule has 0 saturated carbocycles. The fourth-order valence-electron chi connectivity index (χ4n) is 1.81. The van der Waals surface area contributed by atoms with Gasteiger partial charge in [-0.15, -0.1) is 0 Å². The largest absolute Gasteiger partial charge is 0.416 e. The molecule has 0 aliphatic carbocycles. The van der Waals surface area contributed by atoms with Crippen molar-refractivity contribution in [2.45, 2.75) is 6.18 Å². The van der Waals surface area contributed by atoms with Crippen LogP contribution < -0.4 is 5.43 Å². The third-order valence-electron chi connectivity index (χ3n) is 2.92. The van der Waals surface area contributed by atoms with Crippen LogP contribution in [0.4, 0.5) is 18.9 Å². The smallest absolute Gasteiger partial charge is 0.277 e. The number of nitrogens with one attached hydrogen (secondary N) is 1. The van der Waals surface area contributed by atoms with Crippen LogP contribution >= 0.6 is 0 Å². The van der Waals surface area contributed by atoms with Gasteiger partial charge in [0.05, 0.1) is 11.3 Å². The Morgan fingerprint density at radius 3 is 2.17 bits per heavy atom. The summed E-state index contributed by atoms with van der Waals surface area (Å²) < 4.78 is 38.1.